The van der Waals surface area contributed by atoms with Gasteiger partial charge in [-0.2, -0.15) is 0 Å². The van der Waals surface area contributed by atoms with Gasteiger partial charge >= 0.3 is 0 Å². The summed E-state index contributed by atoms with van der Waals surface area (Å²) >= 11 is 0. The summed E-state index contributed by atoms with van der Waals surface area (Å²) < 4.78 is 5.55. The van der Waals surface area contributed by atoms with Crippen molar-refractivity contribution in [2.45, 2.75) is 45.6 Å². The zero-order chi connectivity index (χ0) is 19.1. The van der Waals surface area contributed by atoms with E-state index in [9.17, 15) is 4.79 Å². The van der Waals surface area contributed by atoms with Crippen molar-refractivity contribution in [2.24, 2.45) is 10.9 Å². The predicted molar refractivity (Wildman–Crippen MR) is 108 cm³/mol. The summed E-state index contributed by atoms with van der Waals surface area (Å²) in [4.78, 5) is 24.2. The van der Waals surface area contributed by atoms with E-state index in [1.54, 1.807) is 0 Å². The van der Waals surface area contributed by atoms with E-state index in [1.807, 2.05) is 4.90 Å². The number of carbonyl (C=O) groups excluding carboxylic acids is 1. The van der Waals surface area contributed by atoms with Crippen molar-refractivity contribution in [1.82, 2.24) is 20.0 Å². The van der Waals surface area contributed by atoms with Gasteiger partial charge in [0.2, 0.25) is 0 Å². The number of hydrogen-bond acceptors (Lipinski definition) is 4. The van der Waals surface area contributed by atoms with Crippen LogP contribution in [-0.4, -0.2) is 98.2 Å². The van der Waals surface area contributed by atoms with Crippen LogP contribution in [0.2, 0.25) is 0 Å². The van der Waals surface area contributed by atoms with Gasteiger partial charge in [0.15, 0.2) is 5.96 Å². The van der Waals surface area contributed by atoms with Crippen LogP contribution >= 0.6 is 0 Å². The second-order valence-electron chi connectivity index (χ2n) is 8.10. The Labute approximate surface area is 164 Å². The number of amides is 1. The molecule has 3 aliphatic rings. The molecule has 3 saturated heterocycles. The van der Waals surface area contributed by atoms with Gasteiger partial charge in [0.05, 0.1) is 6.54 Å². The highest BCUT2D eigenvalue weighted by atomic mass is 16.5. The molecule has 27 heavy (non-hydrogen) atoms. The minimum absolute atomic E-state index is 0.174. The maximum absolute atomic E-state index is 12.5. The summed E-state index contributed by atoms with van der Waals surface area (Å²) in [7, 11) is 0. The minimum Gasteiger partial charge on any atom is -0.368 e. The molecule has 0 saturated carbocycles. The highest BCUT2D eigenvalue weighted by molar-refractivity contribution is 5.82. The standard InChI is InChI=1S/C20H37N5O2/c1-3-21-20(22-8-10-23-9-4-6-17(2)16-23)25-13-11-24(12-14-25)19(26)18-7-5-15-27-18/h17-18H,3-16H2,1-2H3,(H,21,22). The third-order valence-electron chi connectivity index (χ3n) is 5.85. The SMILES string of the molecule is CCNC(=NCCN1CCCC(C)C1)N1CCN(C(=O)C2CCCO2)CC1. The first-order valence-electron chi connectivity index (χ1n) is 10.8. The van der Waals surface area contributed by atoms with Crippen LogP contribution in [0.1, 0.15) is 39.5 Å². The second kappa shape index (κ2) is 10.3. The first-order valence-corrected chi connectivity index (χ1v) is 10.8. The number of likely N-dealkylation sites (tertiary alicyclic amines) is 1. The number of ether oxygens (including phenoxy) is 1. The molecular formula is C20H37N5O2. The minimum atomic E-state index is -0.203. The molecule has 154 valence electrons. The van der Waals surface area contributed by atoms with Gasteiger partial charge in [0.1, 0.15) is 6.10 Å². The van der Waals surface area contributed by atoms with E-state index in [4.69, 9.17) is 9.73 Å². The highest BCUT2D eigenvalue weighted by Crippen LogP contribution is 2.16. The molecule has 1 amide bonds. The fourth-order valence-corrected chi connectivity index (χ4v) is 4.33. The molecule has 2 unspecified atom stereocenters. The molecule has 7 nitrogen and oxygen atoms in total. The second-order valence-corrected chi connectivity index (χ2v) is 8.10. The van der Waals surface area contributed by atoms with Crippen LogP contribution in [0, 0.1) is 5.92 Å². The average molecular weight is 380 g/mol. The average Bonchev–Trinajstić information content (AvgIpc) is 3.22. The molecule has 0 aliphatic carbocycles. The van der Waals surface area contributed by atoms with Gasteiger partial charge in [0.25, 0.3) is 5.91 Å². The Morgan fingerprint density at radius 3 is 2.56 bits per heavy atom. The lowest BCUT2D eigenvalue weighted by Crippen LogP contribution is -2.55. The lowest BCUT2D eigenvalue weighted by atomic mass is 10.0. The van der Waals surface area contributed by atoms with Gasteiger partial charge in [-0.25, -0.2) is 0 Å². The van der Waals surface area contributed by atoms with Crippen LogP contribution < -0.4 is 5.32 Å². The van der Waals surface area contributed by atoms with Crippen LogP contribution in [-0.2, 0) is 9.53 Å². The van der Waals surface area contributed by atoms with Gasteiger partial charge in [-0.05, 0) is 45.1 Å². The van der Waals surface area contributed by atoms with Crippen LogP contribution in [0.4, 0.5) is 0 Å². The van der Waals surface area contributed by atoms with Crippen molar-refractivity contribution in [3.8, 4) is 0 Å². The van der Waals surface area contributed by atoms with E-state index < -0.39 is 0 Å². The number of guanidine groups is 1. The molecule has 7 heteroatoms. The summed E-state index contributed by atoms with van der Waals surface area (Å²) in [6.45, 7) is 13.5. The number of piperazine rings is 1. The predicted octanol–water partition coefficient (Wildman–Crippen LogP) is 1.01. The Balaban J connectivity index is 1.46. The Bertz CT molecular complexity index is 499. The molecule has 2 atom stereocenters. The first-order chi connectivity index (χ1) is 13.2. The molecule has 0 aromatic heterocycles. The summed E-state index contributed by atoms with van der Waals surface area (Å²) in [6.07, 6.45) is 4.34. The molecule has 0 spiro atoms. The third-order valence-corrected chi connectivity index (χ3v) is 5.85. The zero-order valence-corrected chi connectivity index (χ0v) is 17.2. The van der Waals surface area contributed by atoms with Crippen molar-refractivity contribution >= 4 is 11.9 Å². The molecule has 0 aromatic rings. The smallest absolute Gasteiger partial charge is 0.251 e. The number of nitrogens with one attached hydrogen (secondary N) is 1. The van der Waals surface area contributed by atoms with Gasteiger partial charge in [0, 0.05) is 52.4 Å². The monoisotopic (exact) mass is 379 g/mol. The van der Waals surface area contributed by atoms with E-state index in [2.05, 4.69) is 29.0 Å². The molecule has 1 N–H and O–H groups in total. The third kappa shape index (κ3) is 5.82. The summed E-state index contributed by atoms with van der Waals surface area (Å²) in [6, 6.07) is 0. The summed E-state index contributed by atoms with van der Waals surface area (Å²) in [5, 5.41) is 3.43. The largest absolute Gasteiger partial charge is 0.368 e. The van der Waals surface area contributed by atoms with Crippen LogP contribution in [0.5, 0.6) is 0 Å². The Morgan fingerprint density at radius 2 is 1.89 bits per heavy atom. The Kier molecular flexibility index (Phi) is 7.76. The summed E-state index contributed by atoms with van der Waals surface area (Å²) in [5.74, 6) is 1.98. The van der Waals surface area contributed by atoms with Crippen LogP contribution in [0.3, 0.4) is 0 Å². The van der Waals surface area contributed by atoms with E-state index in [-0.39, 0.29) is 12.0 Å². The van der Waals surface area contributed by atoms with Crippen LogP contribution in [0.25, 0.3) is 0 Å². The van der Waals surface area contributed by atoms with Crippen molar-refractivity contribution in [3.63, 3.8) is 0 Å². The highest BCUT2D eigenvalue weighted by Gasteiger charge is 2.30. The van der Waals surface area contributed by atoms with Gasteiger partial charge in [-0.1, -0.05) is 6.92 Å². The topological polar surface area (TPSA) is 60.4 Å². The van der Waals surface area contributed by atoms with Crippen molar-refractivity contribution in [1.29, 1.82) is 0 Å². The molecule has 0 radical (unpaired) electrons. The zero-order valence-electron chi connectivity index (χ0n) is 17.2. The van der Waals surface area contributed by atoms with E-state index >= 15 is 0 Å². The number of carbonyl (C=O) groups is 1. The van der Waals surface area contributed by atoms with Crippen molar-refractivity contribution in [3.05, 3.63) is 0 Å². The molecule has 3 fully saturated rings. The molecule has 3 rings (SSSR count). The number of hydrogen-bond donors (Lipinski definition) is 1. The molecule has 3 aliphatic heterocycles. The number of piperidine rings is 1. The summed E-state index contributed by atoms with van der Waals surface area (Å²) in [5.41, 5.74) is 0. The number of nitrogens with zero attached hydrogens (tertiary/aromatic N) is 4. The van der Waals surface area contributed by atoms with Gasteiger partial charge in [-0.3, -0.25) is 9.79 Å². The lowest BCUT2D eigenvalue weighted by Gasteiger charge is -2.37. The quantitative estimate of drug-likeness (QED) is 0.571. The van der Waals surface area contributed by atoms with Crippen LogP contribution in [0.15, 0.2) is 4.99 Å². The maximum atomic E-state index is 12.5. The fraction of sp³-hybridized carbons (Fsp3) is 0.900. The Hall–Kier alpha value is -1.34. The first kappa shape index (κ1) is 20.4. The fourth-order valence-electron chi connectivity index (χ4n) is 4.33. The maximum Gasteiger partial charge on any atom is 0.251 e. The number of rotatable bonds is 5. The van der Waals surface area contributed by atoms with Gasteiger partial charge < -0.3 is 24.8 Å². The van der Waals surface area contributed by atoms with Crippen molar-refractivity contribution in [2.75, 3.05) is 65.5 Å². The lowest BCUT2D eigenvalue weighted by molar-refractivity contribution is -0.142. The molecule has 0 bridgehead atoms. The molecule has 0 aromatic carbocycles. The van der Waals surface area contributed by atoms with Gasteiger partial charge in [-0.15, -0.1) is 0 Å². The van der Waals surface area contributed by atoms with Crippen molar-refractivity contribution < 1.29 is 9.53 Å². The molecule has 3 heterocycles. The molecular weight excluding hydrogens is 342 g/mol. The van der Waals surface area contributed by atoms with E-state index in [1.165, 1.54) is 25.9 Å². The number of aliphatic imine (C=N–C) groups is 1. The normalized spacial score (nSPS) is 27.9. The van der Waals surface area contributed by atoms with E-state index in [0.29, 0.717) is 0 Å². The Morgan fingerprint density at radius 1 is 1.11 bits per heavy atom. The van der Waals surface area contributed by atoms with E-state index in [0.717, 1.165) is 77.1 Å².